The third kappa shape index (κ3) is 6.55. The highest BCUT2D eigenvalue weighted by Crippen LogP contribution is 2.27. The largest absolute Gasteiger partial charge is 0.506 e. The summed E-state index contributed by atoms with van der Waals surface area (Å²) in [7, 11) is 0. The molecule has 2 aromatic carbocycles. The molecule has 0 saturated carbocycles. The molecule has 1 atom stereocenters. The van der Waals surface area contributed by atoms with Gasteiger partial charge in [0.15, 0.2) is 6.61 Å². The quantitative estimate of drug-likeness (QED) is 0.619. The molecule has 2 aromatic rings. The Balaban J connectivity index is 1.54. The molecule has 1 heterocycles. The van der Waals surface area contributed by atoms with E-state index in [1.165, 1.54) is 0 Å². The maximum atomic E-state index is 13.1. The molecular weight excluding hydrogens is 414 g/mol. The number of hydrogen-bond acceptors (Lipinski definition) is 6. The van der Waals surface area contributed by atoms with E-state index in [4.69, 9.17) is 4.74 Å². The normalized spacial score (nSPS) is 14.7. The van der Waals surface area contributed by atoms with Crippen molar-refractivity contribution in [1.29, 1.82) is 0 Å². The highest BCUT2D eigenvalue weighted by molar-refractivity contribution is 7.98. The van der Waals surface area contributed by atoms with Gasteiger partial charge in [-0.2, -0.15) is 11.8 Å². The molecule has 31 heavy (non-hydrogen) atoms. The van der Waals surface area contributed by atoms with Crippen LogP contribution in [0, 0.1) is 0 Å². The molecule has 1 fully saturated rings. The average molecular weight is 444 g/mol. The molecule has 1 aliphatic rings. The summed E-state index contributed by atoms with van der Waals surface area (Å²) in [5, 5.41) is 12.9. The third-order valence-electron chi connectivity index (χ3n) is 5.17. The fourth-order valence-corrected chi connectivity index (χ4v) is 3.99. The zero-order valence-electron chi connectivity index (χ0n) is 17.7. The molecule has 7 nitrogen and oxygen atoms in total. The minimum atomic E-state index is -0.573. The molecule has 0 aliphatic carbocycles. The van der Waals surface area contributed by atoms with E-state index in [1.807, 2.05) is 36.6 Å². The second-order valence-electron chi connectivity index (χ2n) is 7.30. The van der Waals surface area contributed by atoms with Gasteiger partial charge in [-0.1, -0.05) is 30.3 Å². The summed E-state index contributed by atoms with van der Waals surface area (Å²) in [5.41, 5.74) is 0.778. The van der Waals surface area contributed by atoms with Crippen LogP contribution >= 0.6 is 11.8 Å². The van der Waals surface area contributed by atoms with Crippen LogP contribution in [0.15, 0.2) is 54.6 Å². The van der Waals surface area contributed by atoms with Gasteiger partial charge in [0.05, 0.1) is 5.69 Å². The first kappa shape index (κ1) is 22.8. The standard InChI is InChI=1S/C23H29N3O4S/c1-31-16-11-19(24-22(28)17-30-18-7-3-2-4-8-18)23(29)26-14-12-25(13-15-26)20-9-5-6-10-21(20)27/h2-10,19,27H,11-17H2,1H3,(H,24,28). The number of nitrogens with one attached hydrogen (secondary N) is 1. The number of nitrogens with zero attached hydrogens (tertiary/aromatic N) is 2. The third-order valence-corrected chi connectivity index (χ3v) is 5.81. The summed E-state index contributed by atoms with van der Waals surface area (Å²) in [6.45, 7) is 2.21. The summed E-state index contributed by atoms with van der Waals surface area (Å²) in [4.78, 5) is 29.4. The fourth-order valence-electron chi connectivity index (χ4n) is 3.51. The molecule has 1 aliphatic heterocycles. The van der Waals surface area contributed by atoms with Gasteiger partial charge in [-0.05, 0) is 42.7 Å². The molecule has 0 radical (unpaired) electrons. The molecule has 1 saturated heterocycles. The Labute approximate surface area is 187 Å². The first-order valence-corrected chi connectivity index (χ1v) is 11.8. The van der Waals surface area contributed by atoms with E-state index < -0.39 is 6.04 Å². The number of anilines is 1. The van der Waals surface area contributed by atoms with E-state index in [0.29, 0.717) is 38.3 Å². The average Bonchev–Trinajstić information content (AvgIpc) is 2.81. The lowest BCUT2D eigenvalue weighted by atomic mass is 10.1. The number of thioether (sulfide) groups is 1. The van der Waals surface area contributed by atoms with E-state index in [2.05, 4.69) is 10.2 Å². The van der Waals surface area contributed by atoms with Crippen LogP contribution in [0.2, 0.25) is 0 Å². The number of carbonyl (C=O) groups is 2. The van der Waals surface area contributed by atoms with Crippen LogP contribution in [0.3, 0.4) is 0 Å². The van der Waals surface area contributed by atoms with E-state index >= 15 is 0 Å². The summed E-state index contributed by atoms with van der Waals surface area (Å²) >= 11 is 1.64. The van der Waals surface area contributed by atoms with Crippen LogP contribution in [-0.2, 0) is 9.59 Å². The van der Waals surface area contributed by atoms with Gasteiger partial charge in [0.25, 0.3) is 5.91 Å². The molecule has 2 N–H and O–H groups in total. The first-order chi connectivity index (χ1) is 15.1. The molecule has 8 heteroatoms. The number of carbonyl (C=O) groups excluding carboxylic acids is 2. The number of amides is 2. The van der Waals surface area contributed by atoms with Crippen molar-refractivity contribution in [2.75, 3.05) is 49.7 Å². The van der Waals surface area contributed by atoms with Crippen molar-refractivity contribution >= 4 is 29.3 Å². The van der Waals surface area contributed by atoms with Gasteiger partial charge < -0.3 is 25.0 Å². The van der Waals surface area contributed by atoms with Crippen molar-refractivity contribution in [3.05, 3.63) is 54.6 Å². The Bertz CT molecular complexity index is 857. The summed E-state index contributed by atoms with van der Waals surface area (Å²) in [6, 6.07) is 15.8. The van der Waals surface area contributed by atoms with Gasteiger partial charge in [-0.25, -0.2) is 0 Å². The van der Waals surface area contributed by atoms with Gasteiger partial charge in [-0.15, -0.1) is 0 Å². The van der Waals surface area contributed by atoms with Gasteiger partial charge in [-0.3, -0.25) is 9.59 Å². The van der Waals surface area contributed by atoms with Gasteiger partial charge in [0.1, 0.15) is 17.5 Å². The van der Waals surface area contributed by atoms with Crippen molar-refractivity contribution < 1.29 is 19.4 Å². The Morgan fingerprint density at radius 2 is 1.74 bits per heavy atom. The topological polar surface area (TPSA) is 82.1 Å². The number of para-hydroxylation sites is 3. The van der Waals surface area contributed by atoms with Crippen LogP contribution in [0.5, 0.6) is 11.5 Å². The van der Waals surface area contributed by atoms with Crippen molar-refractivity contribution in [3.8, 4) is 11.5 Å². The van der Waals surface area contributed by atoms with Crippen molar-refractivity contribution in [2.24, 2.45) is 0 Å². The molecular formula is C23H29N3O4S. The first-order valence-electron chi connectivity index (χ1n) is 10.4. The molecule has 1 unspecified atom stereocenters. The molecule has 0 spiro atoms. The van der Waals surface area contributed by atoms with Crippen molar-refractivity contribution in [1.82, 2.24) is 10.2 Å². The molecule has 2 amide bonds. The Morgan fingerprint density at radius 3 is 2.42 bits per heavy atom. The van der Waals surface area contributed by atoms with E-state index in [9.17, 15) is 14.7 Å². The number of phenols is 1. The molecule has 166 valence electrons. The predicted molar refractivity (Wildman–Crippen MR) is 124 cm³/mol. The molecule has 3 rings (SSSR count). The minimum absolute atomic E-state index is 0.0703. The maximum absolute atomic E-state index is 13.1. The Morgan fingerprint density at radius 1 is 1.06 bits per heavy atom. The molecule has 0 aromatic heterocycles. The van der Waals surface area contributed by atoms with E-state index in [0.717, 1.165) is 11.4 Å². The van der Waals surface area contributed by atoms with Crippen molar-refractivity contribution in [2.45, 2.75) is 12.5 Å². The Hall–Kier alpha value is -2.87. The van der Waals surface area contributed by atoms with Gasteiger partial charge in [0.2, 0.25) is 5.91 Å². The smallest absolute Gasteiger partial charge is 0.258 e. The summed E-state index contributed by atoms with van der Waals surface area (Å²) in [5.74, 6) is 1.25. The highest BCUT2D eigenvalue weighted by atomic mass is 32.2. The summed E-state index contributed by atoms with van der Waals surface area (Å²) < 4.78 is 5.50. The fraction of sp³-hybridized carbons (Fsp3) is 0.391. The number of benzene rings is 2. The number of hydrogen-bond donors (Lipinski definition) is 2. The predicted octanol–water partition coefficient (Wildman–Crippen LogP) is 2.36. The lowest BCUT2D eigenvalue weighted by Gasteiger charge is -2.37. The number of aromatic hydroxyl groups is 1. The van der Waals surface area contributed by atoms with Gasteiger partial charge in [0, 0.05) is 26.2 Å². The zero-order chi connectivity index (χ0) is 22.1. The lowest BCUT2D eigenvalue weighted by molar-refractivity contribution is -0.137. The SMILES string of the molecule is CSCCC(NC(=O)COc1ccccc1)C(=O)N1CCN(c2ccccc2O)CC1. The zero-order valence-corrected chi connectivity index (χ0v) is 18.5. The highest BCUT2D eigenvalue weighted by Gasteiger charge is 2.29. The van der Waals surface area contributed by atoms with Crippen LogP contribution in [0.25, 0.3) is 0 Å². The second kappa shape index (κ2) is 11.5. The van der Waals surface area contributed by atoms with E-state index in [-0.39, 0.29) is 24.2 Å². The maximum Gasteiger partial charge on any atom is 0.258 e. The van der Waals surface area contributed by atoms with Crippen LogP contribution in [0.4, 0.5) is 5.69 Å². The monoisotopic (exact) mass is 443 g/mol. The molecule has 0 bridgehead atoms. The van der Waals surface area contributed by atoms with Crippen LogP contribution in [0.1, 0.15) is 6.42 Å². The Kier molecular flexibility index (Phi) is 8.46. The van der Waals surface area contributed by atoms with Crippen LogP contribution in [-0.4, -0.2) is 72.7 Å². The number of piperazine rings is 1. The van der Waals surface area contributed by atoms with Gasteiger partial charge >= 0.3 is 0 Å². The second-order valence-corrected chi connectivity index (χ2v) is 8.29. The number of phenolic OH excluding ortho intramolecular Hbond substituents is 1. The number of rotatable bonds is 9. The minimum Gasteiger partial charge on any atom is -0.506 e. The van der Waals surface area contributed by atoms with E-state index in [1.54, 1.807) is 40.9 Å². The van der Waals surface area contributed by atoms with Crippen LogP contribution < -0.4 is 15.0 Å². The summed E-state index contributed by atoms with van der Waals surface area (Å²) in [6.07, 6.45) is 2.55. The van der Waals surface area contributed by atoms with Crippen molar-refractivity contribution in [3.63, 3.8) is 0 Å². The lowest BCUT2D eigenvalue weighted by Crippen LogP contribution is -2.55. The number of ether oxygens (including phenoxy) is 1.